The van der Waals surface area contributed by atoms with Crippen LogP contribution in [0.2, 0.25) is 0 Å². The molecule has 1 aliphatic carbocycles. The van der Waals surface area contributed by atoms with E-state index in [4.69, 9.17) is 0 Å². The highest BCUT2D eigenvalue weighted by molar-refractivity contribution is 5.73. The van der Waals surface area contributed by atoms with E-state index in [0.717, 1.165) is 43.0 Å². The van der Waals surface area contributed by atoms with Crippen molar-refractivity contribution in [2.24, 2.45) is 5.92 Å². The van der Waals surface area contributed by atoms with Crippen molar-refractivity contribution in [3.05, 3.63) is 41.1 Å². The summed E-state index contributed by atoms with van der Waals surface area (Å²) in [4.78, 5) is 11.0. The minimum absolute atomic E-state index is 0.00736. The van der Waals surface area contributed by atoms with Crippen LogP contribution < -0.4 is 5.32 Å². The molecule has 1 aliphatic rings. The summed E-state index contributed by atoms with van der Waals surface area (Å²) < 4.78 is 38.2. The van der Waals surface area contributed by atoms with Crippen molar-refractivity contribution in [2.45, 2.75) is 51.7 Å². The SMILES string of the molecule is CC(=O)NC1CC(CCc2cc(C)c(-c3ccc(C(F)(F)F)cc3O)nn2)C1. The Morgan fingerprint density at radius 2 is 1.96 bits per heavy atom. The minimum atomic E-state index is -4.51. The highest BCUT2D eigenvalue weighted by Gasteiger charge is 2.31. The topological polar surface area (TPSA) is 75.1 Å². The normalized spacial score (nSPS) is 19.2. The van der Waals surface area contributed by atoms with E-state index >= 15 is 0 Å². The lowest BCUT2D eigenvalue weighted by Crippen LogP contribution is -2.43. The number of nitrogens with zero attached hydrogens (tertiary/aromatic N) is 2. The molecule has 1 saturated carbocycles. The molecular formula is C20H22F3N3O2. The predicted molar refractivity (Wildman–Crippen MR) is 97.5 cm³/mol. The minimum Gasteiger partial charge on any atom is -0.507 e. The van der Waals surface area contributed by atoms with Gasteiger partial charge in [0.2, 0.25) is 5.91 Å². The molecule has 1 fully saturated rings. The van der Waals surface area contributed by atoms with E-state index in [1.165, 1.54) is 13.0 Å². The van der Waals surface area contributed by atoms with Gasteiger partial charge in [-0.2, -0.15) is 18.3 Å². The molecule has 8 heteroatoms. The van der Waals surface area contributed by atoms with Gasteiger partial charge in [-0.15, -0.1) is 5.10 Å². The first-order chi connectivity index (χ1) is 13.1. The van der Waals surface area contributed by atoms with Crippen molar-refractivity contribution >= 4 is 5.91 Å². The Morgan fingerprint density at radius 3 is 2.54 bits per heavy atom. The lowest BCUT2D eigenvalue weighted by Gasteiger charge is -2.35. The number of phenolic OH excluding ortho intramolecular Hbond substituents is 1. The molecule has 1 heterocycles. The summed E-state index contributed by atoms with van der Waals surface area (Å²) in [5.74, 6) is 0.0584. The molecule has 3 rings (SSSR count). The zero-order valence-electron chi connectivity index (χ0n) is 15.7. The molecule has 1 amide bonds. The van der Waals surface area contributed by atoms with Gasteiger partial charge in [0.05, 0.1) is 17.0 Å². The second-order valence-electron chi connectivity index (χ2n) is 7.37. The molecular weight excluding hydrogens is 371 g/mol. The average Bonchev–Trinajstić information content (AvgIpc) is 2.56. The second-order valence-corrected chi connectivity index (χ2v) is 7.37. The number of halogens is 3. The third kappa shape index (κ3) is 4.61. The van der Waals surface area contributed by atoms with Crippen LogP contribution in [0, 0.1) is 12.8 Å². The second kappa shape index (κ2) is 7.77. The molecule has 2 N–H and O–H groups in total. The van der Waals surface area contributed by atoms with Crippen LogP contribution in [0.15, 0.2) is 24.3 Å². The van der Waals surface area contributed by atoms with Crippen LogP contribution in [-0.2, 0) is 17.4 Å². The molecule has 0 aliphatic heterocycles. The quantitative estimate of drug-likeness (QED) is 0.805. The fourth-order valence-corrected chi connectivity index (χ4v) is 3.57. The number of hydrogen-bond donors (Lipinski definition) is 2. The predicted octanol–water partition coefficient (Wildman–Crippen LogP) is 4.02. The van der Waals surface area contributed by atoms with Crippen LogP contribution in [-0.4, -0.2) is 27.3 Å². The zero-order valence-corrected chi connectivity index (χ0v) is 15.7. The summed E-state index contributed by atoms with van der Waals surface area (Å²) in [7, 11) is 0. The Bertz CT molecular complexity index is 877. The van der Waals surface area contributed by atoms with Gasteiger partial charge in [-0.25, -0.2) is 0 Å². The maximum Gasteiger partial charge on any atom is 0.416 e. The molecule has 150 valence electrons. The number of amides is 1. The van der Waals surface area contributed by atoms with E-state index in [9.17, 15) is 23.1 Å². The summed E-state index contributed by atoms with van der Waals surface area (Å²) in [5, 5.41) is 21.2. The van der Waals surface area contributed by atoms with Crippen LogP contribution in [0.5, 0.6) is 5.75 Å². The summed E-state index contributed by atoms with van der Waals surface area (Å²) in [6, 6.07) is 4.95. The lowest BCUT2D eigenvalue weighted by atomic mass is 9.77. The average molecular weight is 393 g/mol. The van der Waals surface area contributed by atoms with E-state index in [-0.39, 0.29) is 17.5 Å². The van der Waals surface area contributed by atoms with Gasteiger partial charge in [-0.3, -0.25) is 4.79 Å². The number of rotatable bonds is 5. The van der Waals surface area contributed by atoms with Gasteiger partial charge in [0.1, 0.15) is 5.75 Å². The fourth-order valence-electron chi connectivity index (χ4n) is 3.57. The number of carbonyl (C=O) groups is 1. The first kappa shape index (κ1) is 20.1. The first-order valence-electron chi connectivity index (χ1n) is 9.14. The van der Waals surface area contributed by atoms with Crippen LogP contribution in [0.25, 0.3) is 11.3 Å². The number of nitrogens with one attached hydrogen (secondary N) is 1. The third-order valence-corrected chi connectivity index (χ3v) is 5.07. The van der Waals surface area contributed by atoms with Crippen molar-refractivity contribution in [3.63, 3.8) is 0 Å². The first-order valence-corrected chi connectivity index (χ1v) is 9.14. The van der Waals surface area contributed by atoms with Gasteiger partial charge in [0.25, 0.3) is 0 Å². The van der Waals surface area contributed by atoms with Crippen LogP contribution in [0.4, 0.5) is 13.2 Å². The van der Waals surface area contributed by atoms with Crippen molar-refractivity contribution in [2.75, 3.05) is 0 Å². The summed E-state index contributed by atoms with van der Waals surface area (Å²) in [5.41, 5.74) is 1.22. The monoisotopic (exact) mass is 393 g/mol. The van der Waals surface area contributed by atoms with Gasteiger partial charge in [-0.05, 0) is 68.4 Å². The van der Waals surface area contributed by atoms with Crippen molar-refractivity contribution in [3.8, 4) is 17.0 Å². The van der Waals surface area contributed by atoms with Gasteiger partial charge in [0.15, 0.2) is 0 Å². The smallest absolute Gasteiger partial charge is 0.416 e. The summed E-state index contributed by atoms with van der Waals surface area (Å²) in [6.45, 7) is 3.31. The van der Waals surface area contributed by atoms with Gasteiger partial charge in [0, 0.05) is 18.5 Å². The maximum absolute atomic E-state index is 12.7. The Kier molecular flexibility index (Phi) is 5.58. The number of alkyl halides is 3. The number of aromatic nitrogens is 2. The van der Waals surface area contributed by atoms with E-state index in [1.807, 2.05) is 6.07 Å². The van der Waals surface area contributed by atoms with Gasteiger partial charge >= 0.3 is 6.18 Å². The highest BCUT2D eigenvalue weighted by atomic mass is 19.4. The van der Waals surface area contributed by atoms with E-state index in [0.29, 0.717) is 17.7 Å². The molecule has 1 aromatic heterocycles. The van der Waals surface area contributed by atoms with E-state index < -0.39 is 17.5 Å². The molecule has 1 aromatic carbocycles. The largest absolute Gasteiger partial charge is 0.507 e. The molecule has 0 spiro atoms. The summed E-state index contributed by atoms with van der Waals surface area (Å²) in [6.07, 6.45) is -0.909. The number of aryl methyl sites for hydroxylation is 2. The Balaban J connectivity index is 1.64. The van der Waals surface area contributed by atoms with Crippen LogP contribution in [0.1, 0.15) is 43.0 Å². The van der Waals surface area contributed by atoms with Crippen LogP contribution >= 0.6 is 0 Å². The summed E-state index contributed by atoms with van der Waals surface area (Å²) >= 11 is 0. The fraction of sp³-hybridized carbons (Fsp3) is 0.450. The van der Waals surface area contributed by atoms with Crippen LogP contribution in [0.3, 0.4) is 0 Å². The number of hydrogen-bond acceptors (Lipinski definition) is 4. The third-order valence-electron chi connectivity index (χ3n) is 5.07. The molecule has 28 heavy (non-hydrogen) atoms. The van der Waals surface area contributed by atoms with Gasteiger partial charge in [-0.1, -0.05) is 0 Å². The highest BCUT2D eigenvalue weighted by Crippen LogP contribution is 2.37. The van der Waals surface area contributed by atoms with E-state index in [1.54, 1.807) is 6.92 Å². The molecule has 0 bridgehead atoms. The number of benzene rings is 1. The maximum atomic E-state index is 12.7. The van der Waals surface area contributed by atoms with E-state index in [2.05, 4.69) is 15.5 Å². The molecule has 0 saturated heterocycles. The molecule has 5 nitrogen and oxygen atoms in total. The standard InChI is InChI=1S/C20H22F3N3O2/c1-11-7-15(5-3-13-8-16(9-13)24-12(2)27)25-26-19(11)17-6-4-14(10-18(17)28)20(21,22)23/h4,6-7,10,13,16,28H,3,5,8-9H2,1-2H3,(H,24,27). The molecule has 0 atom stereocenters. The van der Waals surface area contributed by atoms with Crippen molar-refractivity contribution < 1.29 is 23.1 Å². The number of aromatic hydroxyl groups is 1. The van der Waals surface area contributed by atoms with Crippen molar-refractivity contribution in [1.82, 2.24) is 15.5 Å². The zero-order chi connectivity index (χ0) is 20.5. The molecule has 0 radical (unpaired) electrons. The lowest BCUT2D eigenvalue weighted by molar-refractivity contribution is -0.137. The Hall–Kier alpha value is -2.64. The molecule has 2 aromatic rings. The number of phenols is 1. The molecule has 0 unspecified atom stereocenters. The van der Waals surface area contributed by atoms with Gasteiger partial charge < -0.3 is 10.4 Å². The Labute approximate surface area is 161 Å². The number of carbonyl (C=O) groups excluding carboxylic acids is 1. The Morgan fingerprint density at radius 1 is 1.25 bits per heavy atom. The van der Waals surface area contributed by atoms with Crippen molar-refractivity contribution in [1.29, 1.82) is 0 Å².